The number of H-pyrrole nitrogens is 1. The molecule has 26 heavy (non-hydrogen) atoms. The van der Waals surface area contributed by atoms with Crippen LogP contribution in [0.15, 0.2) is 42.6 Å². The highest BCUT2D eigenvalue weighted by Gasteiger charge is 2.18. The molecule has 0 saturated heterocycles. The van der Waals surface area contributed by atoms with Gasteiger partial charge in [-0.3, -0.25) is 5.10 Å². The molecule has 1 aromatic carbocycles. The van der Waals surface area contributed by atoms with Gasteiger partial charge in [-0.25, -0.2) is 13.9 Å². The molecule has 0 amide bonds. The van der Waals surface area contributed by atoms with E-state index in [9.17, 15) is 9.50 Å². The molecule has 4 aromatic rings. The Bertz CT molecular complexity index is 1070. The number of hydrogen-bond acceptors (Lipinski definition) is 5. The number of hydrogen-bond donors (Lipinski definition) is 3. The lowest BCUT2D eigenvalue weighted by Gasteiger charge is -2.12. The maximum Gasteiger partial charge on any atom is 0.184 e. The zero-order chi connectivity index (χ0) is 18.3. The standard InChI is InChI=1S/C17H14ClFN6O/c1-9-6-14(23-22-9)20-16-13-7-11(18)8-25(13)24-17(21-16)15(26)10-2-4-12(19)5-3-10/h2-8,15,26H,1H3,(H2,20,21,22,23,24). The molecule has 9 heteroatoms. The first-order chi connectivity index (χ1) is 12.5. The third-order valence-corrected chi connectivity index (χ3v) is 4.04. The van der Waals surface area contributed by atoms with Gasteiger partial charge in [0.15, 0.2) is 17.5 Å². The zero-order valence-electron chi connectivity index (χ0n) is 13.6. The molecule has 0 aliphatic rings. The topological polar surface area (TPSA) is 91.1 Å². The predicted molar refractivity (Wildman–Crippen MR) is 95.1 cm³/mol. The Hall–Kier alpha value is -2.97. The molecule has 0 aliphatic carbocycles. The van der Waals surface area contributed by atoms with Crippen LogP contribution in [-0.2, 0) is 0 Å². The van der Waals surface area contributed by atoms with E-state index >= 15 is 0 Å². The second kappa shape index (κ2) is 6.40. The average Bonchev–Trinajstić information content (AvgIpc) is 3.19. The Morgan fingerprint density at radius 1 is 1.27 bits per heavy atom. The summed E-state index contributed by atoms with van der Waals surface area (Å²) in [5, 5.41) is 25.4. The molecule has 0 fully saturated rings. The highest BCUT2D eigenvalue weighted by atomic mass is 35.5. The van der Waals surface area contributed by atoms with Crippen molar-refractivity contribution in [2.24, 2.45) is 0 Å². The second-order valence-corrected chi connectivity index (χ2v) is 6.26. The minimum atomic E-state index is -1.12. The van der Waals surface area contributed by atoms with Crippen LogP contribution in [0, 0.1) is 12.7 Å². The molecule has 0 bridgehead atoms. The first kappa shape index (κ1) is 16.5. The van der Waals surface area contributed by atoms with Crippen molar-refractivity contribution >= 4 is 28.8 Å². The van der Waals surface area contributed by atoms with Gasteiger partial charge in [0, 0.05) is 18.0 Å². The zero-order valence-corrected chi connectivity index (χ0v) is 14.4. The van der Waals surface area contributed by atoms with Crippen molar-refractivity contribution in [3.8, 4) is 0 Å². The van der Waals surface area contributed by atoms with Crippen LogP contribution in [0.4, 0.5) is 16.0 Å². The number of nitrogens with one attached hydrogen (secondary N) is 2. The van der Waals surface area contributed by atoms with E-state index in [2.05, 4.69) is 25.6 Å². The summed E-state index contributed by atoms with van der Waals surface area (Å²) in [7, 11) is 0. The minimum Gasteiger partial charge on any atom is -0.380 e. The van der Waals surface area contributed by atoms with E-state index in [1.165, 1.54) is 28.8 Å². The number of benzene rings is 1. The van der Waals surface area contributed by atoms with E-state index in [-0.39, 0.29) is 11.6 Å². The minimum absolute atomic E-state index is 0.145. The van der Waals surface area contributed by atoms with Crippen LogP contribution in [0.3, 0.4) is 0 Å². The number of anilines is 2. The first-order valence-electron chi connectivity index (χ1n) is 7.78. The summed E-state index contributed by atoms with van der Waals surface area (Å²) in [6, 6.07) is 9.04. The van der Waals surface area contributed by atoms with Crippen LogP contribution in [0.25, 0.3) is 5.52 Å². The monoisotopic (exact) mass is 372 g/mol. The van der Waals surface area contributed by atoms with Crippen molar-refractivity contribution in [1.29, 1.82) is 0 Å². The van der Waals surface area contributed by atoms with Gasteiger partial charge in [0.05, 0.1) is 5.02 Å². The second-order valence-electron chi connectivity index (χ2n) is 5.82. The summed E-state index contributed by atoms with van der Waals surface area (Å²) in [5.41, 5.74) is 1.99. The number of halogens is 2. The fraction of sp³-hybridized carbons (Fsp3) is 0.118. The van der Waals surface area contributed by atoms with Crippen molar-refractivity contribution in [1.82, 2.24) is 24.8 Å². The molecule has 3 heterocycles. The van der Waals surface area contributed by atoms with Crippen LogP contribution < -0.4 is 5.32 Å². The quantitative estimate of drug-likeness (QED) is 0.511. The molecule has 132 valence electrons. The highest BCUT2D eigenvalue weighted by molar-refractivity contribution is 6.31. The summed E-state index contributed by atoms with van der Waals surface area (Å²) in [6.45, 7) is 1.88. The Kier molecular flexibility index (Phi) is 4.06. The fourth-order valence-electron chi connectivity index (χ4n) is 2.59. The Balaban J connectivity index is 1.78. The van der Waals surface area contributed by atoms with Gasteiger partial charge in [-0.05, 0) is 30.7 Å². The molecule has 3 N–H and O–H groups in total. The highest BCUT2D eigenvalue weighted by Crippen LogP contribution is 2.26. The Morgan fingerprint density at radius 2 is 2.04 bits per heavy atom. The average molecular weight is 373 g/mol. The number of aryl methyl sites for hydroxylation is 1. The van der Waals surface area contributed by atoms with Gasteiger partial charge in [-0.1, -0.05) is 23.7 Å². The molecule has 1 unspecified atom stereocenters. The largest absolute Gasteiger partial charge is 0.380 e. The normalized spacial score (nSPS) is 12.5. The summed E-state index contributed by atoms with van der Waals surface area (Å²) < 4.78 is 14.6. The van der Waals surface area contributed by atoms with E-state index in [0.717, 1.165) is 5.69 Å². The summed E-state index contributed by atoms with van der Waals surface area (Å²) in [6.07, 6.45) is 0.489. The first-order valence-corrected chi connectivity index (χ1v) is 8.16. The van der Waals surface area contributed by atoms with E-state index in [1.807, 2.05) is 13.0 Å². The maximum atomic E-state index is 13.1. The van der Waals surface area contributed by atoms with Gasteiger partial charge >= 0.3 is 0 Å². The number of aliphatic hydroxyl groups is 1. The molecule has 1 atom stereocenters. The van der Waals surface area contributed by atoms with Gasteiger partial charge in [0.1, 0.15) is 17.4 Å². The Morgan fingerprint density at radius 3 is 2.73 bits per heavy atom. The smallest absolute Gasteiger partial charge is 0.184 e. The summed E-state index contributed by atoms with van der Waals surface area (Å²) in [4.78, 5) is 4.42. The number of aromatic amines is 1. The summed E-state index contributed by atoms with van der Waals surface area (Å²) in [5.74, 6) is 0.772. The van der Waals surface area contributed by atoms with Gasteiger partial charge in [-0.2, -0.15) is 5.10 Å². The summed E-state index contributed by atoms with van der Waals surface area (Å²) >= 11 is 6.09. The van der Waals surface area contributed by atoms with Gasteiger partial charge < -0.3 is 10.4 Å². The molecule has 3 aromatic heterocycles. The SMILES string of the molecule is Cc1cc(Nc2nc(C(O)c3ccc(F)cc3)nn3cc(Cl)cc23)n[nH]1. The number of aromatic nitrogens is 5. The number of fused-ring (bicyclic) bond motifs is 1. The van der Waals surface area contributed by atoms with Gasteiger partial charge in [0.25, 0.3) is 0 Å². The van der Waals surface area contributed by atoms with Crippen molar-refractivity contribution < 1.29 is 9.50 Å². The Labute approximate surface area is 152 Å². The molecule has 0 radical (unpaired) electrons. The number of aliphatic hydroxyl groups excluding tert-OH is 1. The number of nitrogens with zero attached hydrogens (tertiary/aromatic N) is 4. The van der Waals surface area contributed by atoms with E-state index < -0.39 is 6.10 Å². The molecule has 0 spiro atoms. The van der Waals surface area contributed by atoms with Crippen LogP contribution in [0.2, 0.25) is 5.02 Å². The van der Waals surface area contributed by atoms with Gasteiger partial charge in [-0.15, -0.1) is 5.10 Å². The van der Waals surface area contributed by atoms with Crippen molar-refractivity contribution in [2.75, 3.05) is 5.32 Å². The third kappa shape index (κ3) is 3.12. The molecule has 7 nitrogen and oxygen atoms in total. The van der Waals surface area contributed by atoms with Gasteiger partial charge in [0.2, 0.25) is 0 Å². The van der Waals surface area contributed by atoms with Crippen molar-refractivity contribution in [3.05, 3.63) is 70.5 Å². The van der Waals surface area contributed by atoms with E-state index in [1.54, 1.807) is 12.3 Å². The lowest BCUT2D eigenvalue weighted by Crippen LogP contribution is -2.11. The maximum absolute atomic E-state index is 13.1. The lowest BCUT2D eigenvalue weighted by atomic mass is 10.1. The van der Waals surface area contributed by atoms with Crippen LogP contribution in [0.5, 0.6) is 0 Å². The molecule has 4 rings (SSSR count). The predicted octanol–water partition coefficient (Wildman–Crippen LogP) is 3.38. The number of rotatable bonds is 4. The van der Waals surface area contributed by atoms with Crippen LogP contribution in [-0.4, -0.2) is 29.9 Å². The van der Waals surface area contributed by atoms with Crippen molar-refractivity contribution in [3.63, 3.8) is 0 Å². The molecule has 0 aliphatic heterocycles. The molecular formula is C17H14ClFN6O. The van der Waals surface area contributed by atoms with Crippen molar-refractivity contribution in [2.45, 2.75) is 13.0 Å². The van der Waals surface area contributed by atoms with Crippen LogP contribution in [0.1, 0.15) is 23.2 Å². The van der Waals surface area contributed by atoms with Crippen LogP contribution >= 0.6 is 11.6 Å². The lowest BCUT2D eigenvalue weighted by molar-refractivity contribution is 0.208. The van der Waals surface area contributed by atoms with E-state index in [4.69, 9.17) is 11.6 Å². The third-order valence-electron chi connectivity index (χ3n) is 3.83. The van der Waals surface area contributed by atoms with E-state index in [0.29, 0.717) is 27.7 Å². The molecule has 0 saturated carbocycles. The fourth-order valence-corrected chi connectivity index (χ4v) is 2.79. The molecular weight excluding hydrogens is 359 g/mol.